The Bertz CT molecular complexity index is 485. The molecule has 2 rings (SSSR count). The smallest absolute Gasteiger partial charge is 0.391 e. The Kier molecular flexibility index (Phi) is 3.35. The topological polar surface area (TPSA) is 42.4 Å². The van der Waals surface area contributed by atoms with Gasteiger partial charge in [0.05, 0.1) is 0 Å². The van der Waals surface area contributed by atoms with E-state index >= 15 is 0 Å². The number of para-hydroxylation sites is 1. The summed E-state index contributed by atoms with van der Waals surface area (Å²) in [4.78, 5) is 17.1. The van der Waals surface area contributed by atoms with E-state index in [4.69, 9.17) is 4.74 Å². The van der Waals surface area contributed by atoms with E-state index in [0.29, 0.717) is 5.88 Å². The molecule has 4 heteroatoms. The third-order valence-corrected chi connectivity index (χ3v) is 2.25. The summed E-state index contributed by atoms with van der Waals surface area (Å²) in [5.74, 6) is 0.292. The van der Waals surface area contributed by atoms with Crippen molar-refractivity contribution in [2.45, 2.75) is 0 Å². The van der Waals surface area contributed by atoms with Crippen LogP contribution in [0.4, 0.5) is 10.5 Å². The van der Waals surface area contributed by atoms with E-state index in [9.17, 15) is 4.79 Å². The molecule has 86 valence electrons. The number of hydrogen-bond acceptors (Lipinski definition) is 3. The number of ether oxygens (including phenoxy) is 1. The van der Waals surface area contributed by atoms with Crippen molar-refractivity contribution in [3.63, 3.8) is 0 Å². The summed E-state index contributed by atoms with van der Waals surface area (Å²) in [5.41, 5.74) is 0.772. The van der Waals surface area contributed by atoms with Gasteiger partial charge in [0, 0.05) is 25.0 Å². The SMILES string of the molecule is CN(C(=O)Oc1ccccn1)c1ccccc1. The molecule has 0 aliphatic carbocycles. The Hall–Kier alpha value is -2.36. The molecule has 0 bridgehead atoms. The lowest BCUT2D eigenvalue weighted by molar-refractivity contribution is 0.207. The first-order chi connectivity index (χ1) is 8.27. The van der Waals surface area contributed by atoms with Gasteiger partial charge in [-0.3, -0.25) is 4.90 Å². The summed E-state index contributed by atoms with van der Waals surface area (Å²) in [5, 5.41) is 0. The Morgan fingerprint density at radius 2 is 1.82 bits per heavy atom. The van der Waals surface area contributed by atoms with E-state index in [0.717, 1.165) is 5.69 Å². The number of hydrogen-bond donors (Lipinski definition) is 0. The van der Waals surface area contributed by atoms with Gasteiger partial charge in [0.2, 0.25) is 5.88 Å². The van der Waals surface area contributed by atoms with Crippen molar-refractivity contribution in [3.05, 3.63) is 54.7 Å². The fraction of sp³-hybridized carbons (Fsp3) is 0.0769. The molecule has 0 saturated carbocycles. The minimum Gasteiger partial charge on any atom is -0.391 e. The van der Waals surface area contributed by atoms with E-state index < -0.39 is 6.09 Å². The highest BCUT2D eigenvalue weighted by Gasteiger charge is 2.12. The van der Waals surface area contributed by atoms with Crippen molar-refractivity contribution in [3.8, 4) is 5.88 Å². The Morgan fingerprint density at radius 3 is 2.47 bits per heavy atom. The first-order valence-electron chi connectivity index (χ1n) is 5.19. The molecule has 4 nitrogen and oxygen atoms in total. The number of aromatic nitrogens is 1. The van der Waals surface area contributed by atoms with E-state index in [2.05, 4.69) is 4.98 Å². The molecule has 0 radical (unpaired) electrons. The molecule has 0 spiro atoms. The minimum atomic E-state index is -0.463. The average molecular weight is 228 g/mol. The summed E-state index contributed by atoms with van der Waals surface area (Å²) in [7, 11) is 1.65. The van der Waals surface area contributed by atoms with Gasteiger partial charge in [-0.2, -0.15) is 0 Å². The van der Waals surface area contributed by atoms with Gasteiger partial charge in [-0.05, 0) is 18.2 Å². The second-order valence-corrected chi connectivity index (χ2v) is 3.43. The number of carbonyl (C=O) groups excluding carboxylic acids is 1. The standard InChI is InChI=1S/C13H12N2O2/c1-15(11-7-3-2-4-8-11)13(16)17-12-9-5-6-10-14-12/h2-10H,1H3. The van der Waals surface area contributed by atoms with Crippen LogP contribution in [0.5, 0.6) is 5.88 Å². The lowest BCUT2D eigenvalue weighted by Gasteiger charge is -2.16. The molecule has 0 unspecified atom stereocenters. The fourth-order valence-corrected chi connectivity index (χ4v) is 1.32. The van der Waals surface area contributed by atoms with Crippen LogP contribution in [-0.2, 0) is 0 Å². The molecule has 0 aliphatic rings. The number of pyridine rings is 1. The van der Waals surface area contributed by atoms with Crippen LogP contribution in [0, 0.1) is 0 Å². The molecular formula is C13H12N2O2. The molecule has 0 fully saturated rings. The second-order valence-electron chi connectivity index (χ2n) is 3.43. The van der Waals surface area contributed by atoms with Crippen LogP contribution in [0.3, 0.4) is 0 Å². The third-order valence-electron chi connectivity index (χ3n) is 2.25. The number of carbonyl (C=O) groups is 1. The zero-order valence-electron chi connectivity index (χ0n) is 9.41. The predicted molar refractivity (Wildman–Crippen MR) is 65.1 cm³/mol. The quantitative estimate of drug-likeness (QED) is 0.793. The monoisotopic (exact) mass is 228 g/mol. The Balaban J connectivity index is 2.06. The van der Waals surface area contributed by atoms with Gasteiger partial charge in [-0.1, -0.05) is 24.3 Å². The van der Waals surface area contributed by atoms with E-state index in [1.807, 2.05) is 30.3 Å². The van der Waals surface area contributed by atoms with Gasteiger partial charge in [-0.25, -0.2) is 9.78 Å². The maximum absolute atomic E-state index is 11.8. The van der Waals surface area contributed by atoms with Gasteiger partial charge in [0.25, 0.3) is 0 Å². The van der Waals surface area contributed by atoms with Gasteiger partial charge in [0.1, 0.15) is 0 Å². The van der Waals surface area contributed by atoms with Crippen molar-refractivity contribution >= 4 is 11.8 Å². The highest BCUT2D eigenvalue weighted by atomic mass is 16.6. The maximum atomic E-state index is 11.8. The van der Waals surface area contributed by atoms with Crippen LogP contribution in [0.15, 0.2) is 54.7 Å². The molecule has 1 aromatic carbocycles. The van der Waals surface area contributed by atoms with Gasteiger partial charge in [-0.15, -0.1) is 0 Å². The fourth-order valence-electron chi connectivity index (χ4n) is 1.32. The zero-order valence-corrected chi connectivity index (χ0v) is 9.41. The molecule has 0 aliphatic heterocycles. The summed E-state index contributed by atoms with van der Waals surface area (Å²) in [6.07, 6.45) is 1.11. The molecule has 0 N–H and O–H groups in total. The predicted octanol–water partition coefficient (Wildman–Crippen LogP) is 2.72. The van der Waals surface area contributed by atoms with Crippen molar-refractivity contribution in [1.29, 1.82) is 0 Å². The van der Waals surface area contributed by atoms with Crippen LogP contribution in [0.25, 0.3) is 0 Å². The van der Waals surface area contributed by atoms with Gasteiger partial charge < -0.3 is 4.74 Å². The van der Waals surface area contributed by atoms with E-state index in [1.165, 1.54) is 4.90 Å². The number of benzene rings is 1. The summed E-state index contributed by atoms with van der Waals surface area (Å²) in [6.45, 7) is 0. The van der Waals surface area contributed by atoms with Crippen LogP contribution >= 0.6 is 0 Å². The lowest BCUT2D eigenvalue weighted by atomic mass is 10.3. The van der Waals surface area contributed by atoms with Crippen molar-refractivity contribution in [2.24, 2.45) is 0 Å². The summed E-state index contributed by atoms with van der Waals surface area (Å²) in [6, 6.07) is 14.4. The first kappa shape index (κ1) is 11.1. The van der Waals surface area contributed by atoms with Crippen LogP contribution < -0.4 is 9.64 Å². The lowest BCUT2D eigenvalue weighted by Crippen LogP contribution is -2.29. The largest absolute Gasteiger partial charge is 0.420 e. The Morgan fingerprint density at radius 1 is 1.12 bits per heavy atom. The van der Waals surface area contributed by atoms with E-state index in [1.54, 1.807) is 31.4 Å². The van der Waals surface area contributed by atoms with Crippen molar-refractivity contribution in [2.75, 3.05) is 11.9 Å². The molecule has 1 amide bonds. The highest BCUT2D eigenvalue weighted by molar-refractivity contribution is 5.88. The molecular weight excluding hydrogens is 216 g/mol. The zero-order chi connectivity index (χ0) is 12.1. The number of nitrogens with zero attached hydrogens (tertiary/aromatic N) is 2. The van der Waals surface area contributed by atoms with Crippen LogP contribution in [0.2, 0.25) is 0 Å². The molecule has 1 heterocycles. The maximum Gasteiger partial charge on any atom is 0.420 e. The van der Waals surface area contributed by atoms with Crippen molar-refractivity contribution < 1.29 is 9.53 Å². The second kappa shape index (κ2) is 5.12. The summed E-state index contributed by atoms with van der Waals surface area (Å²) < 4.78 is 5.11. The van der Waals surface area contributed by atoms with Gasteiger partial charge >= 0.3 is 6.09 Å². The molecule has 0 atom stereocenters. The third kappa shape index (κ3) is 2.81. The molecule has 1 aromatic heterocycles. The van der Waals surface area contributed by atoms with E-state index in [-0.39, 0.29) is 0 Å². The number of rotatable bonds is 2. The first-order valence-corrected chi connectivity index (χ1v) is 5.19. The summed E-state index contributed by atoms with van der Waals surface area (Å²) >= 11 is 0. The molecule has 0 saturated heterocycles. The van der Waals surface area contributed by atoms with Crippen molar-refractivity contribution in [1.82, 2.24) is 4.98 Å². The normalized spacial score (nSPS) is 9.71. The van der Waals surface area contributed by atoms with Gasteiger partial charge in [0.15, 0.2) is 0 Å². The number of amides is 1. The molecule has 17 heavy (non-hydrogen) atoms. The minimum absolute atomic E-state index is 0.292. The average Bonchev–Trinajstić information content (AvgIpc) is 2.40. The molecule has 2 aromatic rings. The number of anilines is 1. The van der Waals surface area contributed by atoms with Crippen LogP contribution in [-0.4, -0.2) is 18.1 Å². The Labute approximate surface area is 99.5 Å². The highest BCUT2D eigenvalue weighted by Crippen LogP contribution is 2.13. The van der Waals surface area contributed by atoms with Crippen LogP contribution in [0.1, 0.15) is 0 Å².